The number of amides is 2. The number of carbonyl (C=O) groups is 3. The summed E-state index contributed by atoms with van der Waals surface area (Å²) in [6.45, 7) is 0. The Labute approximate surface area is 244 Å². The average molecular weight is 631 g/mol. The summed E-state index contributed by atoms with van der Waals surface area (Å²) in [7, 11) is 1.03. The minimum Gasteiger partial charge on any atom is -0.468 e. The van der Waals surface area contributed by atoms with E-state index in [4.69, 9.17) is 27.9 Å². The lowest BCUT2D eigenvalue weighted by Crippen LogP contribution is -2.52. The van der Waals surface area contributed by atoms with Crippen LogP contribution < -0.4 is 10.2 Å². The van der Waals surface area contributed by atoms with Gasteiger partial charge in [0.25, 0.3) is 0 Å². The summed E-state index contributed by atoms with van der Waals surface area (Å²) in [5.74, 6) is -5.74. The lowest BCUT2D eigenvalue weighted by molar-refractivity contribution is -0.145. The summed E-state index contributed by atoms with van der Waals surface area (Å²) < 4.78 is 85.3. The summed E-state index contributed by atoms with van der Waals surface area (Å²) in [5.41, 5.74) is -4.10. The Hall–Kier alpha value is -3.61. The van der Waals surface area contributed by atoms with Crippen LogP contribution in [0.2, 0.25) is 10.0 Å². The number of imide groups is 1. The number of nitrogens with zero attached hydrogens (tertiary/aromatic N) is 1. The number of methoxy groups -OCH3 is 1. The van der Waals surface area contributed by atoms with Crippen molar-refractivity contribution >= 4 is 46.7 Å². The second kappa shape index (κ2) is 10.3. The Balaban J connectivity index is 1.76. The maximum absolute atomic E-state index is 14.2. The molecule has 0 unspecified atom stereocenters. The van der Waals surface area contributed by atoms with E-state index in [1.165, 1.54) is 18.2 Å². The molecule has 3 aromatic carbocycles. The predicted octanol–water partition coefficient (Wildman–Crippen LogP) is 6.23. The van der Waals surface area contributed by atoms with Gasteiger partial charge in [0.05, 0.1) is 46.3 Å². The van der Waals surface area contributed by atoms with Crippen LogP contribution in [0, 0.1) is 11.8 Å². The van der Waals surface area contributed by atoms with Crippen molar-refractivity contribution < 1.29 is 45.5 Å². The molecule has 0 radical (unpaired) electrons. The minimum absolute atomic E-state index is 0.0122. The third-order valence-corrected chi connectivity index (χ3v) is 8.04. The molecule has 2 saturated heterocycles. The van der Waals surface area contributed by atoms with Gasteiger partial charge in [-0.15, -0.1) is 0 Å². The number of carbonyl (C=O) groups excluding carboxylic acids is 3. The van der Waals surface area contributed by atoms with Gasteiger partial charge in [0.1, 0.15) is 6.04 Å². The molecule has 0 aromatic heterocycles. The van der Waals surface area contributed by atoms with E-state index in [2.05, 4.69) is 5.32 Å². The van der Waals surface area contributed by atoms with Crippen molar-refractivity contribution in [2.24, 2.45) is 11.8 Å². The molecule has 3 atom stereocenters. The Kier molecular flexibility index (Phi) is 7.31. The van der Waals surface area contributed by atoms with Gasteiger partial charge in [-0.1, -0.05) is 47.5 Å². The monoisotopic (exact) mass is 630 g/mol. The van der Waals surface area contributed by atoms with Gasteiger partial charge in [0.2, 0.25) is 11.8 Å². The number of rotatable bonds is 4. The van der Waals surface area contributed by atoms with E-state index >= 15 is 0 Å². The molecule has 14 heteroatoms. The van der Waals surface area contributed by atoms with Crippen LogP contribution in [0.1, 0.15) is 22.3 Å². The van der Waals surface area contributed by atoms with E-state index in [0.717, 1.165) is 60.5 Å². The molecule has 0 bridgehead atoms. The van der Waals surface area contributed by atoms with Crippen LogP contribution in [-0.4, -0.2) is 30.9 Å². The number of esters is 1. The SMILES string of the molecule is COC(=O)[C@@H]1NC(c2ccc(C(F)(F)F)cc2)(c2ccc(C(F)(F)F)cc2)[C@H]2C(=O)N(c3ccc(Cl)cc3Cl)C(=O)[C@H]12. The van der Waals surface area contributed by atoms with Crippen LogP contribution in [0.15, 0.2) is 66.7 Å². The Bertz CT molecular complexity index is 1520. The first-order valence-corrected chi connectivity index (χ1v) is 12.9. The lowest BCUT2D eigenvalue weighted by Gasteiger charge is -2.36. The first kappa shape index (κ1) is 29.9. The summed E-state index contributed by atoms with van der Waals surface area (Å²) in [4.78, 5) is 41.7. The standard InChI is InChI=1S/C28H18Cl2F6N2O4/c1-42-25(41)22-20-21(24(40)38(23(20)39)19-11-10-17(29)12-18(19)30)26(37-22,13-2-6-15(7-3-13)27(31,32)33)14-4-8-16(9-5-14)28(34,35)36/h2-12,20-22,37H,1H3/t20-,21+,22+/m0/s1. The van der Waals surface area contributed by atoms with Crippen LogP contribution in [0.3, 0.4) is 0 Å². The van der Waals surface area contributed by atoms with E-state index in [1.54, 1.807) is 0 Å². The highest BCUT2D eigenvalue weighted by atomic mass is 35.5. The molecule has 1 N–H and O–H groups in total. The van der Waals surface area contributed by atoms with Gasteiger partial charge in [-0.05, 0) is 53.6 Å². The zero-order valence-corrected chi connectivity index (χ0v) is 22.7. The number of halogens is 8. The largest absolute Gasteiger partial charge is 0.468 e. The molecule has 5 rings (SSSR count). The molecular formula is C28H18Cl2F6N2O4. The molecule has 42 heavy (non-hydrogen) atoms. The van der Waals surface area contributed by atoms with E-state index in [1.807, 2.05) is 0 Å². The number of nitrogens with one attached hydrogen (secondary N) is 1. The third-order valence-electron chi connectivity index (χ3n) is 7.50. The van der Waals surface area contributed by atoms with Crippen molar-refractivity contribution in [1.29, 1.82) is 0 Å². The zero-order valence-electron chi connectivity index (χ0n) is 21.2. The van der Waals surface area contributed by atoms with E-state index in [9.17, 15) is 40.7 Å². The molecule has 0 aliphatic carbocycles. The number of alkyl halides is 6. The van der Waals surface area contributed by atoms with Crippen molar-refractivity contribution in [2.75, 3.05) is 12.0 Å². The van der Waals surface area contributed by atoms with Gasteiger partial charge in [0.15, 0.2) is 0 Å². The second-order valence-corrected chi connectivity index (χ2v) is 10.6. The van der Waals surface area contributed by atoms with Gasteiger partial charge < -0.3 is 4.74 Å². The molecule has 2 heterocycles. The molecule has 2 amide bonds. The maximum Gasteiger partial charge on any atom is 0.416 e. The van der Waals surface area contributed by atoms with E-state index in [0.29, 0.717) is 0 Å². The van der Waals surface area contributed by atoms with Crippen molar-refractivity contribution in [1.82, 2.24) is 5.32 Å². The summed E-state index contributed by atoms with van der Waals surface area (Å²) in [5, 5.41) is 3.02. The van der Waals surface area contributed by atoms with Crippen LogP contribution in [-0.2, 0) is 37.0 Å². The molecule has 220 valence electrons. The fourth-order valence-corrected chi connectivity index (χ4v) is 6.17. The van der Waals surface area contributed by atoms with Gasteiger partial charge in [-0.2, -0.15) is 26.3 Å². The molecule has 2 fully saturated rings. The lowest BCUT2D eigenvalue weighted by atomic mass is 9.71. The summed E-state index contributed by atoms with van der Waals surface area (Å²) in [6.07, 6.45) is -9.44. The number of anilines is 1. The van der Waals surface area contributed by atoms with Crippen molar-refractivity contribution in [3.63, 3.8) is 0 Å². The highest BCUT2D eigenvalue weighted by Crippen LogP contribution is 2.53. The fraction of sp³-hybridized carbons (Fsp3) is 0.250. The van der Waals surface area contributed by atoms with Gasteiger partial charge >= 0.3 is 18.3 Å². The molecular weight excluding hydrogens is 613 g/mol. The van der Waals surface area contributed by atoms with Gasteiger partial charge in [-0.3, -0.25) is 19.7 Å². The maximum atomic E-state index is 14.2. The Morgan fingerprint density at radius 2 is 1.33 bits per heavy atom. The smallest absolute Gasteiger partial charge is 0.416 e. The number of benzene rings is 3. The number of fused-ring (bicyclic) bond motifs is 1. The normalized spacial score (nSPS) is 21.9. The first-order chi connectivity index (χ1) is 19.6. The molecule has 0 spiro atoms. The Morgan fingerprint density at radius 1 is 0.833 bits per heavy atom. The van der Waals surface area contributed by atoms with Crippen LogP contribution >= 0.6 is 23.2 Å². The summed E-state index contributed by atoms with van der Waals surface area (Å²) in [6, 6.07) is 9.54. The minimum atomic E-state index is -4.72. The van der Waals surface area contributed by atoms with Crippen LogP contribution in [0.25, 0.3) is 0 Å². The van der Waals surface area contributed by atoms with Gasteiger partial charge in [-0.25, -0.2) is 4.90 Å². The second-order valence-electron chi connectivity index (χ2n) is 9.71. The highest BCUT2D eigenvalue weighted by molar-refractivity contribution is 6.38. The average Bonchev–Trinajstić information content (AvgIpc) is 3.42. The zero-order chi connectivity index (χ0) is 30.8. The number of hydrogen-bond acceptors (Lipinski definition) is 5. The fourth-order valence-electron chi connectivity index (χ4n) is 5.68. The van der Waals surface area contributed by atoms with E-state index in [-0.39, 0.29) is 26.9 Å². The van der Waals surface area contributed by atoms with E-state index < -0.39 is 64.7 Å². The molecule has 2 aliphatic heterocycles. The third kappa shape index (κ3) is 4.71. The topological polar surface area (TPSA) is 75.7 Å². The number of ether oxygens (including phenoxy) is 1. The Morgan fingerprint density at radius 3 is 1.76 bits per heavy atom. The number of hydrogen-bond donors (Lipinski definition) is 1. The summed E-state index contributed by atoms with van der Waals surface area (Å²) >= 11 is 12.3. The van der Waals surface area contributed by atoms with Crippen molar-refractivity contribution in [3.8, 4) is 0 Å². The molecule has 3 aromatic rings. The highest BCUT2D eigenvalue weighted by Gasteiger charge is 2.68. The van der Waals surface area contributed by atoms with Crippen molar-refractivity contribution in [3.05, 3.63) is 99.0 Å². The molecule has 0 saturated carbocycles. The van der Waals surface area contributed by atoms with Crippen molar-refractivity contribution in [2.45, 2.75) is 23.9 Å². The quantitative estimate of drug-likeness (QED) is 0.210. The predicted molar refractivity (Wildman–Crippen MR) is 139 cm³/mol. The van der Waals surface area contributed by atoms with Gasteiger partial charge in [0, 0.05) is 5.02 Å². The molecule has 6 nitrogen and oxygen atoms in total. The van der Waals surface area contributed by atoms with Crippen LogP contribution in [0.5, 0.6) is 0 Å². The molecule has 2 aliphatic rings. The first-order valence-electron chi connectivity index (χ1n) is 12.1. The van der Waals surface area contributed by atoms with Crippen LogP contribution in [0.4, 0.5) is 32.0 Å².